The SMILES string of the molecule is Cn1c(=O)oc2cc(N3CCN(C(=O)NCCCCc4ccccc4)C(C(C)(C)C)C3)ccc21.Cn1c(=O)oc2cc(N3CCN(C(=O)O)CC3)ccc21. The number of benzene rings is 3. The van der Waals surface area contributed by atoms with Crippen molar-refractivity contribution in [1.82, 2.24) is 24.3 Å². The van der Waals surface area contributed by atoms with Gasteiger partial charge in [0.15, 0.2) is 11.2 Å². The lowest BCUT2D eigenvalue weighted by molar-refractivity contribution is 0.107. The highest BCUT2D eigenvalue weighted by atomic mass is 16.4. The molecule has 0 spiro atoms. The number of hydrogen-bond acceptors (Lipinski definition) is 8. The zero-order valence-electron chi connectivity index (χ0n) is 31.8. The lowest BCUT2D eigenvalue weighted by Gasteiger charge is -2.47. The van der Waals surface area contributed by atoms with E-state index in [1.165, 1.54) is 19.6 Å². The molecule has 0 aliphatic carbocycles. The fourth-order valence-electron chi connectivity index (χ4n) is 7.19. The number of carbonyl (C=O) groups excluding carboxylic acids is 1. The van der Waals surface area contributed by atoms with Gasteiger partial charge in [0.05, 0.1) is 17.1 Å². The number of piperazine rings is 2. The molecule has 5 aromatic rings. The summed E-state index contributed by atoms with van der Waals surface area (Å²) in [4.78, 5) is 55.0. The number of urea groups is 1. The van der Waals surface area contributed by atoms with Crippen molar-refractivity contribution < 1.29 is 23.5 Å². The molecule has 54 heavy (non-hydrogen) atoms. The van der Waals surface area contributed by atoms with E-state index in [1.54, 1.807) is 14.1 Å². The van der Waals surface area contributed by atoms with Crippen molar-refractivity contribution in [2.24, 2.45) is 19.5 Å². The molecule has 2 aromatic heterocycles. The largest absolute Gasteiger partial charge is 0.465 e. The Kier molecular flexibility index (Phi) is 11.4. The normalized spacial score (nSPS) is 16.4. The van der Waals surface area contributed by atoms with Gasteiger partial charge in [-0.3, -0.25) is 9.13 Å². The minimum atomic E-state index is -0.880. The number of carboxylic acid groups (broad SMARTS) is 1. The molecule has 288 valence electrons. The number of nitrogens with zero attached hydrogens (tertiary/aromatic N) is 6. The predicted molar refractivity (Wildman–Crippen MR) is 210 cm³/mol. The topological polar surface area (TPSA) is 150 Å². The molecule has 2 fully saturated rings. The third kappa shape index (κ3) is 8.58. The van der Waals surface area contributed by atoms with Gasteiger partial charge in [-0.25, -0.2) is 19.2 Å². The van der Waals surface area contributed by atoms with Crippen LogP contribution in [0.2, 0.25) is 0 Å². The zero-order valence-corrected chi connectivity index (χ0v) is 31.8. The summed E-state index contributed by atoms with van der Waals surface area (Å²) in [6.07, 6.45) is 2.17. The number of aromatic nitrogens is 2. The number of aryl methyl sites for hydroxylation is 3. The third-order valence-electron chi connectivity index (χ3n) is 10.5. The summed E-state index contributed by atoms with van der Waals surface area (Å²) in [7, 11) is 3.38. The molecule has 14 heteroatoms. The van der Waals surface area contributed by atoms with Gasteiger partial charge < -0.3 is 38.9 Å². The van der Waals surface area contributed by atoms with Crippen LogP contribution in [0, 0.1) is 5.41 Å². The average molecular weight is 742 g/mol. The molecule has 0 bridgehead atoms. The van der Waals surface area contributed by atoms with Crippen molar-refractivity contribution in [1.29, 1.82) is 0 Å². The quantitative estimate of drug-likeness (QED) is 0.211. The molecule has 1 atom stereocenters. The van der Waals surface area contributed by atoms with E-state index in [1.807, 2.05) is 47.4 Å². The Morgan fingerprint density at radius 1 is 0.759 bits per heavy atom. The van der Waals surface area contributed by atoms with E-state index in [0.29, 0.717) is 50.4 Å². The van der Waals surface area contributed by atoms with Crippen molar-refractivity contribution in [3.05, 3.63) is 93.4 Å². The smallest absolute Gasteiger partial charge is 0.419 e. The van der Waals surface area contributed by atoms with Crippen LogP contribution in [0.5, 0.6) is 0 Å². The Morgan fingerprint density at radius 2 is 1.31 bits per heavy atom. The second-order valence-electron chi connectivity index (χ2n) is 15.1. The van der Waals surface area contributed by atoms with Gasteiger partial charge in [-0.1, -0.05) is 51.1 Å². The molecule has 7 rings (SSSR count). The lowest BCUT2D eigenvalue weighted by Crippen LogP contribution is -2.61. The highest BCUT2D eigenvalue weighted by Gasteiger charge is 2.38. The highest BCUT2D eigenvalue weighted by molar-refractivity contribution is 5.79. The summed E-state index contributed by atoms with van der Waals surface area (Å²) in [6.45, 7) is 11.6. The van der Waals surface area contributed by atoms with E-state index in [4.69, 9.17) is 13.9 Å². The molecule has 14 nitrogen and oxygen atoms in total. The Labute approximate surface area is 314 Å². The van der Waals surface area contributed by atoms with Crippen LogP contribution in [0.25, 0.3) is 22.2 Å². The van der Waals surface area contributed by atoms with Crippen molar-refractivity contribution >= 4 is 45.7 Å². The van der Waals surface area contributed by atoms with E-state index >= 15 is 0 Å². The van der Waals surface area contributed by atoms with Crippen molar-refractivity contribution in [3.63, 3.8) is 0 Å². The molecule has 2 N–H and O–H groups in total. The molecule has 4 heterocycles. The third-order valence-corrected chi connectivity index (χ3v) is 10.5. The van der Waals surface area contributed by atoms with Crippen LogP contribution in [-0.4, -0.2) is 94.6 Å². The predicted octanol–water partition coefficient (Wildman–Crippen LogP) is 5.33. The first-order valence-corrected chi connectivity index (χ1v) is 18.6. The Hall–Kier alpha value is -5.66. The summed E-state index contributed by atoms with van der Waals surface area (Å²) in [6, 6.07) is 22.0. The molecule has 0 radical (unpaired) electrons. The number of fused-ring (bicyclic) bond motifs is 2. The maximum absolute atomic E-state index is 13.1. The number of carbonyl (C=O) groups is 2. The maximum Gasteiger partial charge on any atom is 0.419 e. The van der Waals surface area contributed by atoms with Crippen LogP contribution in [0.15, 0.2) is 85.2 Å². The Morgan fingerprint density at radius 3 is 1.87 bits per heavy atom. The number of oxazole rings is 2. The van der Waals surface area contributed by atoms with Crippen LogP contribution in [-0.2, 0) is 20.5 Å². The Bertz CT molecular complexity index is 2190. The van der Waals surface area contributed by atoms with E-state index in [0.717, 1.165) is 54.8 Å². The maximum atomic E-state index is 13.1. The van der Waals surface area contributed by atoms with Gasteiger partial charge in [-0.15, -0.1) is 0 Å². The van der Waals surface area contributed by atoms with Crippen LogP contribution < -0.4 is 26.6 Å². The number of amides is 3. The van der Waals surface area contributed by atoms with E-state index in [2.05, 4.69) is 60.2 Å². The van der Waals surface area contributed by atoms with Crippen molar-refractivity contribution in [3.8, 4) is 0 Å². The second-order valence-corrected chi connectivity index (χ2v) is 15.1. The van der Waals surface area contributed by atoms with E-state index in [-0.39, 0.29) is 29.0 Å². The number of nitrogens with one attached hydrogen (secondary N) is 1. The average Bonchev–Trinajstić information content (AvgIpc) is 3.62. The van der Waals surface area contributed by atoms with E-state index < -0.39 is 6.09 Å². The van der Waals surface area contributed by atoms with Gasteiger partial charge in [0, 0.05) is 90.0 Å². The first-order chi connectivity index (χ1) is 25.8. The molecule has 2 aliphatic heterocycles. The molecule has 0 saturated carbocycles. The van der Waals surface area contributed by atoms with E-state index in [9.17, 15) is 19.2 Å². The van der Waals surface area contributed by atoms with Gasteiger partial charge in [0.25, 0.3) is 0 Å². The number of anilines is 2. The molecular formula is C40H51N7O7. The molecule has 2 saturated heterocycles. The summed E-state index contributed by atoms with van der Waals surface area (Å²) < 4.78 is 13.5. The molecule has 2 aliphatic rings. The summed E-state index contributed by atoms with van der Waals surface area (Å²) in [5.74, 6) is -0.738. The molecule has 3 amide bonds. The number of rotatable bonds is 7. The van der Waals surface area contributed by atoms with Gasteiger partial charge >= 0.3 is 23.6 Å². The monoisotopic (exact) mass is 741 g/mol. The molecule has 3 aromatic carbocycles. The minimum absolute atomic E-state index is 0.0174. The van der Waals surface area contributed by atoms with Crippen LogP contribution >= 0.6 is 0 Å². The summed E-state index contributed by atoms with van der Waals surface area (Å²) in [5.41, 5.74) is 5.89. The standard InChI is InChI=1S/C27H36N4O3.C13H15N3O4/c1-27(2,3)24-19-30(21-13-14-22-23(18-21)34-26(33)29(22)4)16-17-31(24)25(32)28-15-9-8-12-20-10-6-5-7-11-20;1-14-10-3-2-9(8-11(10)20-13(14)19)15-4-6-16(7-5-15)12(17)18/h5-7,10-11,13-14,18,24H,8-9,12,15-17,19H2,1-4H3,(H,28,32);2-3,8H,4-7H2,1H3,(H,17,18). The Balaban J connectivity index is 0.000000210. The van der Waals surface area contributed by atoms with Gasteiger partial charge in [-0.2, -0.15) is 0 Å². The van der Waals surface area contributed by atoms with Crippen molar-refractivity contribution in [2.45, 2.75) is 46.1 Å². The minimum Gasteiger partial charge on any atom is -0.465 e. The van der Waals surface area contributed by atoms with Crippen LogP contribution in [0.1, 0.15) is 39.2 Å². The molecular weight excluding hydrogens is 690 g/mol. The van der Waals surface area contributed by atoms with Crippen LogP contribution in [0.3, 0.4) is 0 Å². The van der Waals surface area contributed by atoms with Crippen LogP contribution in [0.4, 0.5) is 21.0 Å². The summed E-state index contributed by atoms with van der Waals surface area (Å²) >= 11 is 0. The van der Waals surface area contributed by atoms with Gasteiger partial charge in [-0.05, 0) is 54.5 Å². The lowest BCUT2D eigenvalue weighted by atomic mass is 9.84. The highest BCUT2D eigenvalue weighted by Crippen LogP contribution is 2.31. The first-order valence-electron chi connectivity index (χ1n) is 18.6. The zero-order chi connectivity index (χ0) is 38.6. The number of hydrogen-bond donors (Lipinski definition) is 2. The molecule has 1 unspecified atom stereocenters. The van der Waals surface area contributed by atoms with Gasteiger partial charge in [0.2, 0.25) is 0 Å². The van der Waals surface area contributed by atoms with Crippen molar-refractivity contribution in [2.75, 3.05) is 62.2 Å². The second kappa shape index (κ2) is 16.1. The first kappa shape index (κ1) is 38.1. The summed E-state index contributed by atoms with van der Waals surface area (Å²) in [5, 5.41) is 12.1. The fraction of sp³-hybridized carbons (Fsp3) is 0.450. The number of unbranched alkanes of at least 4 members (excludes halogenated alkanes) is 1. The fourth-order valence-corrected chi connectivity index (χ4v) is 7.19. The van der Waals surface area contributed by atoms with Gasteiger partial charge in [0.1, 0.15) is 0 Å².